The van der Waals surface area contributed by atoms with Gasteiger partial charge in [-0.1, -0.05) is 36.4 Å². The average Bonchev–Trinajstić information content (AvgIpc) is 2.54. The van der Waals surface area contributed by atoms with Crippen molar-refractivity contribution in [3.05, 3.63) is 53.9 Å². The van der Waals surface area contributed by atoms with Gasteiger partial charge in [-0.25, -0.2) is 0 Å². The molecule has 0 unspecified atom stereocenters. The Labute approximate surface area is 154 Å². The van der Waals surface area contributed by atoms with E-state index < -0.39 is 0 Å². The molecule has 24 heavy (non-hydrogen) atoms. The minimum atomic E-state index is 0. The third-order valence-corrected chi connectivity index (χ3v) is 3.81. The van der Waals surface area contributed by atoms with Crippen LogP contribution in [-0.4, -0.2) is 42.0 Å². The predicted octanol–water partition coefficient (Wildman–Crippen LogP) is 3.73. The summed E-state index contributed by atoms with van der Waals surface area (Å²) in [6, 6.07) is 15.7. The normalized spacial score (nSPS) is 10.5. The number of rotatable bonds is 4. The van der Waals surface area contributed by atoms with Crippen molar-refractivity contribution in [2.45, 2.75) is 6.42 Å². The van der Waals surface area contributed by atoms with E-state index in [4.69, 9.17) is 4.99 Å². The lowest BCUT2D eigenvalue weighted by atomic mass is 10.1. The summed E-state index contributed by atoms with van der Waals surface area (Å²) in [4.78, 5) is 6.99. The Morgan fingerprint density at radius 1 is 0.917 bits per heavy atom. The Bertz CT molecular complexity index is 815. The molecule has 1 aromatic heterocycles. The first-order chi connectivity index (χ1) is 10.7. The second-order valence-corrected chi connectivity index (χ2v) is 5.73. The molecule has 0 aliphatic heterocycles. The number of hydrogen-bond donors (Lipinski definition) is 1. The van der Waals surface area contributed by atoms with E-state index in [9.17, 15) is 5.21 Å². The number of aromatic nitrogens is 1. The summed E-state index contributed by atoms with van der Waals surface area (Å²) in [7, 11) is 4.14. The van der Waals surface area contributed by atoms with Gasteiger partial charge < -0.3 is 10.1 Å². The fourth-order valence-electron chi connectivity index (χ4n) is 2.74. The summed E-state index contributed by atoms with van der Waals surface area (Å²) in [5, 5.41) is 13.4. The topological polar surface area (TPSA) is 40.8 Å². The molecule has 3 aromatic rings. The van der Waals surface area contributed by atoms with Crippen LogP contribution < -0.4 is 5.36 Å². The first kappa shape index (κ1) is 20.3. The van der Waals surface area contributed by atoms with Crippen molar-refractivity contribution in [2.24, 2.45) is 4.99 Å². The molecule has 0 atom stereocenters. The summed E-state index contributed by atoms with van der Waals surface area (Å²) in [6.45, 7) is 1.80. The van der Waals surface area contributed by atoms with Gasteiger partial charge in [-0.3, -0.25) is 4.99 Å². The maximum Gasteiger partial charge on any atom is 0.0894 e. The van der Waals surface area contributed by atoms with E-state index in [0.717, 1.165) is 46.7 Å². The fraction of sp³-hybridized carbons (Fsp3) is 0.278. The van der Waals surface area contributed by atoms with Crippen LogP contribution in [0.5, 0.6) is 0 Å². The number of benzene rings is 2. The molecular formula is C18H23Cl2N3O. The SMILES string of the molecule is CN(C)CCCN=c1c2ccccc2n(O)c2ccccc12.Cl.Cl. The molecule has 0 bridgehead atoms. The van der Waals surface area contributed by atoms with Crippen molar-refractivity contribution in [2.75, 3.05) is 27.2 Å². The van der Waals surface area contributed by atoms with Gasteiger partial charge in [0.1, 0.15) is 0 Å². The largest absolute Gasteiger partial charge is 0.428 e. The lowest BCUT2D eigenvalue weighted by Gasteiger charge is -2.10. The van der Waals surface area contributed by atoms with E-state index >= 15 is 0 Å². The van der Waals surface area contributed by atoms with Crippen molar-refractivity contribution in [3.63, 3.8) is 0 Å². The van der Waals surface area contributed by atoms with Crippen LogP contribution in [-0.2, 0) is 0 Å². The van der Waals surface area contributed by atoms with E-state index in [1.165, 1.54) is 4.73 Å². The number of fused-ring (bicyclic) bond motifs is 2. The van der Waals surface area contributed by atoms with E-state index in [2.05, 4.69) is 19.0 Å². The average molecular weight is 368 g/mol. The Hall–Kier alpha value is -1.75. The molecule has 0 amide bonds. The zero-order chi connectivity index (χ0) is 15.5. The van der Waals surface area contributed by atoms with Crippen molar-refractivity contribution >= 4 is 46.6 Å². The standard InChI is InChI=1S/C18H21N3O.2ClH/c1-20(2)13-7-12-19-18-14-8-3-5-10-16(14)21(22)17-11-6-4-9-15(17)18;;/h3-6,8-11,22H,7,12-13H2,1-2H3;2*1H. The Balaban J connectivity index is 0.00000144. The van der Waals surface area contributed by atoms with Gasteiger partial charge in [-0.15, -0.1) is 24.8 Å². The van der Waals surface area contributed by atoms with E-state index in [1.807, 2.05) is 48.5 Å². The Morgan fingerprint density at radius 2 is 1.42 bits per heavy atom. The lowest BCUT2D eigenvalue weighted by Crippen LogP contribution is -2.15. The minimum Gasteiger partial charge on any atom is -0.428 e. The van der Waals surface area contributed by atoms with Crippen molar-refractivity contribution in [1.29, 1.82) is 0 Å². The van der Waals surface area contributed by atoms with Crippen molar-refractivity contribution in [1.82, 2.24) is 9.63 Å². The van der Waals surface area contributed by atoms with Gasteiger partial charge >= 0.3 is 0 Å². The zero-order valence-corrected chi connectivity index (χ0v) is 15.5. The molecule has 2 aromatic carbocycles. The lowest BCUT2D eigenvalue weighted by molar-refractivity contribution is 0.211. The van der Waals surface area contributed by atoms with Crippen LogP contribution >= 0.6 is 24.8 Å². The van der Waals surface area contributed by atoms with Crippen LogP contribution in [0, 0.1) is 0 Å². The first-order valence-corrected chi connectivity index (χ1v) is 7.55. The fourth-order valence-corrected chi connectivity index (χ4v) is 2.74. The molecule has 130 valence electrons. The molecule has 1 N–H and O–H groups in total. The van der Waals surface area contributed by atoms with Crippen molar-refractivity contribution < 1.29 is 5.21 Å². The molecule has 6 heteroatoms. The molecule has 0 fully saturated rings. The molecule has 0 spiro atoms. The smallest absolute Gasteiger partial charge is 0.0894 e. The highest BCUT2D eigenvalue weighted by atomic mass is 35.5. The molecule has 0 aliphatic carbocycles. The third kappa shape index (κ3) is 4.01. The van der Waals surface area contributed by atoms with Gasteiger partial charge in [0, 0.05) is 17.3 Å². The van der Waals surface area contributed by atoms with Gasteiger partial charge in [0.2, 0.25) is 0 Å². The number of para-hydroxylation sites is 2. The van der Waals surface area contributed by atoms with Crippen LogP contribution in [0.4, 0.5) is 0 Å². The molecule has 0 saturated carbocycles. The van der Waals surface area contributed by atoms with Gasteiger partial charge in [0.05, 0.1) is 16.4 Å². The second-order valence-electron chi connectivity index (χ2n) is 5.73. The number of halogens is 2. The number of pyridine rings is 1. The molecule has 4 nitrogen and oxygen atoms in total. The molecule has 1 heterocycles. The minimum absolute atomic E-state index is 0. The quantitative estimate of drug-likeness (QED) is 0.433. The van der Waals surface area contributed by atoms with Gasteiger partial charge in [-0.2, -0.15) is 4.73 Å². The molecular weight excluding hydrogens is 345 g/mol. The summed E-state index contributed by atoms with van der Waals surface area (Å²) in [5.74, 6) is 0. The van der Waals surface area contributed by atoms with Crippen LogP contribution in [0.15, 0.2) is 53.5 Å². The number of hydrogen-bond acceptors (Lipinski definition) is 3. The summed E-state index contributed by atoms with van der Waals surface area (Å²) in [6.07, 6.45) is 1.02. The highest BCUT2D eigenvalue weighted by Crippen LogP contribution is 2.17. The third-order valence-electron chi connectivity index (χ3n) is 3.81. The Morgan fingerprint density at radius 3 is 1.92 bits per heavy atom. The van der Waals surface area contributed by atoms with Crippen LogP contribution in [0.3, 0.4) is 0 Å². The first-order valence-electron chi connectivity index (χ1n) is 7.55. The van der Waals surface area contributed by atoms with Crippen molar-refractivity contribution in [3.8, 4) is 0 Å². The second kappa shape index (κ2) is 8.92. The highest BCUT2D eigenvalue weighted by molar-refractivity contribution is 5.92. The maximum absolute atomic E-state index is 10.4. The van der Waals surface area contributed by atoms with E-state index in [0.29, 0.717) is 0 Å². The Kier molecular flexibility index (Phi) is 7.55. The van der Waals surface area contributed by atoms with Crippen LogP contribution in [0.2, 0.25) is 0 Å². The monoisotopic (exact) mass is 367 g/mol. The molecule has 0 saturated heterocycles. The van der Waals surface area contributed by atoms with Gasteiger partial charge in [0.15, 0.2) is 0 Å². The maximum atomic E-state index is 10.4. The van der Waals surface area contributed by atoms with Crippen LogP contribution in [0.1, 0.15) is 6.42 Å². The van der Waals surface area contributed by atoms with Gasteiger partial charge in [-0.05, 0) is 39.2 Å². The van der Waals surface area contributed by atoms with Gasteiger partial charge in [0.25, 0.3) is 0 Å². The zero-order valence-electron chi connectivity index (χ0n) is 13.8. The molecule has 3 rings (SSSR count). The van der Waals surface area contributed by atoms with E-state index in [-0.39, 0.29) is 24.8 Å². The van der Waals surface area contributed by atoms with E-state index in [1.54, 1.807) is 0 Å². The molecule has 0 radical (unpaired) electrons. The highest BCUT2D eigenvalue weighted by Gasteiger charge is 2.07. The molecule has 0 aliphatic rings. The number of nitrogens with zero attached hydrogens (tertiary/aromatic N) is 3. The van der Waals surface area contributed by atoms with Crippen LogP contribution in [0.25, 0.3) is 21.8 Å². The summed E-state index contributed by atoms with van der Waals surface area (Å²) in [5.41, 5.74) is 1.57. The summed E-state index contributed by atoms with van der Waals surface area (Å²) < 4.78 is 1.25. The summed E-state index contributed by atoms with van der Waals surface area (Å²) >= 11 is 0. The predicted molar refractivity (Wildman–Crippen MR) is 105 cm³/mol.